The largest absolute Gasteiger partial charge is 0.377 e. The second-order valence-corrected chi connectivity index (χ2v) is 5.97. The monoisotopic (exact) mass is 240 g/mol. The lowest BCUT2D eigenvalue weighted by molar-refractivity contribution is -0.0613. The van der Waals surface area contributed by atoms with Gasteiger partial charge in [-0.15, -0.1) is 0 Å². The summed E-state index contributed by atoms with van der Waals surface area (Å²) in [4.78, 5) is 2.63. The van der Waals surface area contributed by atoms with Gasteiger partial charge in [0.1, 0.15) is 0 Å². The van der Waals surface area contributed by atoms with Gasteiger partial charge < -0.3 is 10.1 Å². The molecule has 1 aliphatic heterocycles. The van der Waals surface area contributed by atoms with E-state index in [0.717, 1.165) is 19.1 Å². The van der Waals surface area contributed by atoms with E-state index in [1.54, 1.807) is 0 Å². The van der Waals surface area contributed by atoms with Crippen LogP contribution in [0.4, 0.5) is 0 Å². The molecule has 100 valence electrons. The van der Waals surface area contributed by atoms with Crippen LogP contribution in [0.3, 0.4) is 0 Å². The number of piperidine rings is 1. The Morgan fingerprint density at radius 1 is 1.47 bits per heavy atom. The van der Waals surface area contributed by atoms with Crippen molar-refractivity contribution in [2.75, 3.05) is 26.7 Å². The Kier molecular flexibility index (Phi) is 4.45. The molecule has 1 aliphatic carbocycles. The van der Waals surface area contributed by atoms with Crippen molar-refractivity contribution >= 4 is 0 Å². The normalized spacial score (nSPS) is 32.6. The van der Waals surface area contributed by atoms with E-state index in [1.807, 2.05) is 7.11 Å². The maximum Gasteiger partial charge on any atom is 0.0777 e. The standard InChI is InChI=1S/C14H28N2O/c1-4-13(10-15-12-6-7-12)16-9-5-8-14(2,11-16)17-3/h12-13,15H,4-11H2,1-3H3. The van der Waals surface area contributed by atoms with E-state index in [1.165, 1.54) is 38.6 Å². The molecule has 1 saturated heterocycles. The summed E-state index contributed by atoms with van der Waals surface area (Å²) < 4.78 is 5.68. The highest BCUT2D eigenvalue weighted by atomic mass is 16.5. The molecule has 1 saturated carbocycles. The Morgan fingerprint density at radius 3 is 2.82 bits per heavy atom. The summed E-state index contributed by atoms with van der Waals surface area (Å²) in [6.45, 7) is 8.04. The lowest BCUT2D eigenvalue weighted by Crippen LogP contribution is -2.53. The lowest BCUT2D eigenvalue weighted by Gasteiger charge is -2.43. The number of hydrogen-bond donors (Lipinski definition) is 1. The molecule has 0 amide bonds. The quantitative estimate of drug-likeness (QED) is 0.769. The van der Waals surface area contributed by atoms with Gasteiger partial charge in [0.2, 0.25) is 0 Å². The zero-order chi connectivity index (χ0) is 12.3. The number of nitrogens with one attached hydrogen (secondary N) is 1. The number of likely N-dealkylation sites (tertiary alicyclic amines) is 1. The Hall–Kier alpha value is -0.120. The minimum absolute atomic E-state index is 0.0747. The van der Waals surface area contributed by atoms with Crippen molar-refractivity contribution in [3.05, 3.63) is 0 Å². The van der Waals surface area contributed by atoms with Crippen molar-refractivity contribution in [2.24, 2.45) is 0 Å². The number of methoxy groups -OCH3 is 1. The first kappa shape index (κ1) is 13.3. The fraction of sp³-hybridized carbons (Fsp3) is 1.00. The molecule has 2 atom stereocenters. The van der Waals surface area contributed by atoms with Crippen LogP contribution in [-0.4, -0.2) is 49.3 Å². The number of nitrogens with zero attached hydrogens (tertiary/aromatic N) is 1. The van der Waals surface area contributed by atoms with Gasteiger partial charge in [0.05, 0.1) is 5.60 Å². The van der Waals surface area contributed by atoms with Crippen LogP contribution >= 0.6 is 0 Å². The molecule has 2 rings (SSSR count). The molecule has 2 aliphatic rings. The molecule has 0 radical (unpaired) electrons. The van der Waals surface area contributed by atoms with Crippen LogP contribution in [0.25, 0.3) is 0 Å². The molecule has 1 N–H and O–H groups in total. The second kappa shape index (κ2) is 5.68. The van der Waals surface area contributed by atoms with E-state index in [2.05, 4.69) is 24.1 Å². The van der Waals surface area contributed by atoms with Crippen molar-refractivity contribution in [1.29, 1.82) is 0 Å². The number of rotatable bonds is 6. The zero-order valence-electron chi connectivity index (χ0n) is 11.7. The number of ether oxygens (including phenoxy) is 1. The van der Waals surface area contributed by atoms with Gasteiger partial charge in [-0.3, -0.25) is 4.90 Å². The van der Waals surface area contributed by atoms with Gasteiger partial charge in [-0.25, -0.2) is 0 Å². The molecule has 2 fully saturated rings. The minimum atomic E-state index is 0.0747. The van der Waals surface area contributed by atoms with E-state index in [9.17, 15) is 0 Å². The highest BCUT2D eigenvalue weighted by Gasteiger charge is 2.33. The summed E-state index contributed by atoms with van der Waals surface area (Å²) in [7, 11) is 1.85. The first-order valence-corrected chi connectivity index (χ1v) is 7.19. The van der Waals surface area contributed by atoms with E-state index >= 15 is 0 Å². The van der Waals surface area contributed by atoms with Crippen molar-refractivity contribution in [3.63, 3.8) is 0 Å². The van der Waals surface area contributed by atoms with Crippen LogP contribution in [0.15, 0.2) is 0 Å². The van der Waals surface area contributed by atoms with Crippen LogP contribution in [0.2, 0.25) is 0 Å². The Labute approximate surface area is 106 Å². The molecule has 3 heteroatoms. The van der Waals surface area contributed by atoms with Gasteiger partial charge >= 0.3 is 0 Å². The van der Waals surface area contributed by atoms with Crippen molar-refractivity contribution < 1.29 is 4.74 Å². The maximum atomic E-state index is 5.68. The SMILES string of the molecule is CCC(CNC1CC1)N1CCCC(C)(OC)C1. The van der Waals surface area contributed by atoms with Gasteiger partial charge in [-0.05, 0) is 45.6 Å². The average Bonchev–Trinajstić information content (AvgIpc) is 3.14. The molecule has 2 unspecified atom stereocenters. The smallest absolute Gasteiger partial charge is 0.0777 e. The molecule has 17 heavy (non-hydrogen) atoms. The second-order valence-electron chi connectivity index (χ2n) is 5.97. The Balaban J connectivity index is 1.84. The van der Waals surface area contributed by atoms with Crippen LogP contribution in [-0.2, 0) is 4.74 Å². The van der Waals surface area contributed by atoms with E-state index in [0.29, 0.717) is 6.04 Å². The van der Waals surface area contributed by atoms with Crippen molar-refractivity contribution in [1.82, 2.24) is 10.2 Å². The summed E-state index contributed by atoms with van der Waals surface area (Å²) >= 11 is 0. The van der Waals surface area contributed by atoms with Gasteiger partial charge in [0.25, 0.3) is 0 Å². The summed E-state index contributed by atoms with van der Waals surface area (Å²) in [5, 5.41) is 3.67. The van der Waals surface area contributed by atoms with E-state index in [-0.39, 0.29) is 5.60 Å². The zero-order valence-corrected chi connectivity index (χ0v) is 11.7. The fourth-order valence-corrected chi connectivity index (χ4v) is 2.84. The predicted octanol–water partition coefficient (Wildman–Crippen LogP) is 2.02. The topological polar surface area (TPSA) is 24.5 Å². The highest BCUT2D eigenvalue weighted by molar-refractivity contribution is 4.89. The number of hydrogen-bond acceptors (Lipinski definition) is 3. The van der Waals surface area contributed by atoms with Crippen LogP contribution < -0.4 is 5.32 Å². The third-order valence-electron chi connectivity index (χ3n) is 4.39. The molecular formula is C14H28N2O. The summed E-state index contributed by atoms with van der Waals surface area (Å²) in [6.07, 6.45) is 6.47. The molecule has 0 bridgehead atoms. The summed E-state index contributed by atoms with van der Waals surface area (Å²) in [5.74, 6) is 0. The van der Waals surface area contributed by atoms with E-state index < -0.39 is 0 Å². The third kappa shape index (κ3) is 3.67. The fourth-order valence-electron chi connectivity index (χ4n) is 2.84. The summed E-state index contributed by atoms with van der Waals surface area (Å²) in [5.41, 5.74) is 0.0747. The maximum absolute atomic E-state index is 5.68. The lowest BCUT2D eigenvalue weighted by atomic mass is 9.93. The van der Waals surface area contributed by atoms with Gasteiger partial charge in [0.15, 0.2) is 0 Å². The average molecular weight is 240 g/mol. The van der Waals surface area contributed by atoms with Gasteiger partial charge in [-0.1, -0.05) is 6.92 Å². The molecule has 1 heterocycles. The molecule has 3 nitrogen and oxygen atoms in total. The minimum Gasteiger partial charge on any atom is -0.377 e. The van der Waals surface area contributed by atoms with Crippen LogP contribution in [0, 0.1) is 0 Å². The van der Waals surface area contributed by atoms with Gasteiger partial charge in [-0.2, -0.15) is 0 Å². The molecule has 0 aromatic carbocycles. The van der Waals surface area contributed by atoms with Crippen LogP contribution in [0.1, 0.15) is 46.0 Å². The first-order chi connectivity index (χ1) is 8.17. The Morgan fingerprint density at radius 2 is 2.24 bits per heavy atom. The Bertz CT molecular complexity index is 242. The molecule has 0 aromatic rings. The molecular weight excluding hydrogens is 212 g/mol. The predicted molar refractivity (Wildman–Crippen MR) is 71.3 cm³/mol. The first-order valence-electron chi connectivity index (χ1n) is 7.19. The third-order valence-corrected chi connectivity index (χ3v) is 4.39. The van der Waals surface area contributed by atoms with Crippen molar-refractivity contribution in [2.45, 2.75) is 63.6 Å². The summed E-state index contributed by atoms with van der Waals surface area (Å²) in [6, 6.07) is 1.51. The van der Waals surface area contributed by atoms with Crippen molar-refractivity contribution in [3.8, 4) is 0 Å². The van der Waals surface area contributed by atoms with Crippen LogP contribution in [0.5, 0.6) is 0 Å². The molecule has 0 spiro atoms. The van der Waals surface area contributed by atoms with Gasteiger partial charge in [0, 0.05) is 32.3 Å². The highest BCUT2D eigenvalue weighted by Crippen LogP contribution is 2.26. The van der Waals surface area contributed by atoms with E-state index in [4.69, 9.17) is 4.74 Å². The molecule has 0 aromatic heterocycles.